The summed E-state index contributed by atoms with van der Waals surface area (Å²) in [5.41, 5.74) is 0.738. The second kappa shape index (κ2) is 5.81. The van der Waals surface area contributed by atoms with Gasteiger partial charge in [-0.1, -0.05) is 12.1 Å². The van der Waals surface area contributed by atoms with Gasteiger partial charge in [0, 0.05) is 18.2 Å². The van der Waals surface area contributed by atoms with Crippen LogP contribution in [0.5, 0.6) is 0 Å². The average molecular weight is 343 g/mol. The van der Waals surface area contributed by atoms with Crippen molar-refractivity contribution in [3.63, 3.8) is 0 Å². The first-order valence-corrected chi connectivity index (χ1v) is 7.69. The number of hydrogen-bond acceptors (Lipinski definition) is 2. The average Bonchev–Trinajstić information content (AvgIpc) is 3.22. The van der Waals surface area contributed by atoms with E-state index in [4.69, 9.17) is 4.42 Å². The third-order valence-electron chi connectivity index (χ3n) is 4.21. The molecule has 2 aromatic carbocycles. The quantitative estimate of drug-likeness (QED) is 0.683. The van der Waals surface area contributed by atoms with Crippen LogP contribution in [0.25, 0.3) is 11.3 Å². The Labute approximate surface area is 141 Å². The highest BCUT2D eigenvalue weighted by Gasteiger charge is 2.30. The summed E-state index contributed by atoms with van der Waals surface area (Å²) in [7, 11) is 0. The first-order valence-electron chi connectivity index (χ1n) is 7.69. The molecule has 2 heterocycles. The van der Waals surface area contributed by atoms with Crippen molar-refractivity contribution in [2.24, 2.45) is 0 Å². The third kappa shape index (κ3) is 2.59. The van der Waals surface area contributed by atoms with Crippen LogP contribution in [0.3, 0.4) is 0 Å². The maximum absolute atomic E-state index is 13.8. The van der Waals surface area contributed by atoms with Gasteiger partial charge in [-0.15, -0.1) is 0 Å². The van der Waals surface area contributed by atoms with Crippen molar-refractivity contribution < 1.29 is 22.4 Å². The molecule has 25 heavy (non-hydrogen) atoms. The third-order valence-corrected chi connectivity index (χ3v) is 4.21. The van der Waals surface area contributed by atoms with Crippen LogP contribution in [-0.2, 0) is 6.42 Å². The van der Waals surface area contributed by atoms with Crippen LogP contribution >= 0.6 is 0 Å². The highest BCUT2D eigenvalue weighted by molar-refractivity contribution is 6.05. The van der Waals surface area contributed by atoms with E-state index < -0.39 is 23.4 Å². The number of nitrogens with zero attached hydrogens (tertiary/aromatic N) is 1. The molecular weight excluding hydrogens is 331 g/mol. The van der Waals surface area contributed by atoms with E-state index in [1.54, 1.807) is 18.2 Å². The molecule has 4 rings (SSSR count). The first-order chi connectivity index (χ1) is 12.0. The van der Waals surface area contributed by atoms with E-state index in [9.17, 15) is 18.0 Å². The minimum absolute atomic E-state index is 0.0178. The number of hydrogen-bond donors (Lipinski definition) is 0. The van der Waals surface area contributed by atoms with E-state index in [0.717, 1.165) is 12.1 Å². The molecule has 0 saturated carbocycles. The van der Waals surface area contributed by atoms with Crippen molar-refractivity contribution in [1.82, 2.24) is 0 Å². The van der Waals surface area contributed by atoms with E-state index in [1.165, 1.54) is 23.1 Å². The fourth-order valence-electron chi connectivity index (χ4n) is 3.02. The summed E-state index contributed by atoms with van der Waals surface area (Å²) in [5.74, 6) is -2.21. The number of fused-ring (bicyclic) bond motifs is 1. The van der Waals surface area contributed by atoms with Gasteiger partial charge in [0.1, 0.15) is 23.2 Å². The zero-order chi connectivity index (χ0) is 17.6. The second-order valence-corrected chi connectivity index (χ2v) is 5.74. The smallest absolute Gasteiger partial charge is 0.294 e. The molecule has 0 aliphatic carbocycles. The summed E-state index contributed by atoms with van der Waals surface area (Å²) in [6.45, 7) is 0.226. The normalized spacial score (nSPS) is 13.2. The zero-order valence-electron chi connectivity index (χ0n) is 12.9. The van der Waals surface area contributed by atoms with Gasteiger partial charge in [0.2, 0.25) is 0 Å². The van der Waals surface area contributed by atoms with Crippen LogP contribution < -0.4 is 4.90 Å². The Kier molecular flexibility index (Phi) is 3.60. The maximum atomic E-state index is 13.8. The number of anilines is 1. The van der Waals surface area contributed by atoms with Crippen LogP contribution in [-0.4, -0.2) is 12.5 Å². The predicted molar refractivity (Wildman–Crippen MR) is 85.8 cm³/mol. The monoisotopic (exact) mass is 343 g/mol. The minimum Gasteiger partial charge on any atom is -0.451 e. The lowest BCUT2D eigenvalue weighted by Gasteiger charge is -2.16. The van der Waals surface area contributed by atoms with Crippen molar-refractivity contribution >= 4 is 11.6 Å². The molecule has 0 fully saturated rings. The van der Waals surface area contributed by atoms with Crippen LogP contribution in [0.2, 0.25) is 0 Å². The lowest BCUT2D eigenvalue weighted by Crippen LogP contribution is -2.28. The summed E-state index contributed by atoms with van der Waals surface area (Å²) < 4.78 is 46.6. The van der Waals surface area contributed by atoms with E-state index >= 15 is 0 Å². The van der Waals surface area contributed by atoms with Gasteiger partial charge >= 0.3 is 0 Å². The highest BCUT2D eigenvalue weighted by Crippen LogP contribution is 2.33. The number of carbonyl (C=O) groups excluding carboxylic acids is 1. The topological polar surface area (TPSA) is 33.5 Å². The van der Waals surface area contributed by atoms with Crippen LogP contribution in [0.4, 0.5) is 18.9 Å². The van der Waals surface area contributed by atoms with Gasteiger partial charge in [-0.3, -0.25) is 4.79 Å². The summed E-state index contributed by atoms with van der Waals surface area (Å²) in [5, 5.41) is 0. The highest BCUT2D eigenvalue weighted by atomic mass is 19.1. The fraction of sp³-hybridized carbons (Fsp3) is 0.105. The van der Waals surface area contributed by atoms with E-state index in [1.807, 2.05) is 0 Å². The van der Waals surface area contributed by atoms with Gasteiger partial charge in [0.05, 0.1) is 11.3 Å². The van der Waals surface area contributed by atoms with Gasteiger partial charge in [0.15, 0.2) is 5.76 Å². The maximum Gasteiger partial charge on any atom is 0.294 e. The van der Waals surface area contributed by atoms with Crippen LogP contribution in [0.1, 0.15) is 16.1 Å². The molecule has 0 N–H and O–H groups in total. The van der Waals surface area contributed by atoms with E-state index in [2.05, 4.69) is 0 Å². The summed E-state index contributed by atoms with van der Waals surface area (Å²) >= 11 is 0. The summed E-state index contributed by atoms with van der Waals surface area (Å²) in [6.07, 6.45) is 0.300. The number of benzene rings is 2. The molecule has 0 spiro atoms. The molecule has 6 heteroatoms. The Balaban J connectivity index is 1.67. The molecule has 1 aliphatic rings. The van der Waals surface area contributed by atoms with Crippen LogP contribution in [0, 0.1) is 17.5 Å². The molecular formula is C19H12F3NO2. The minimum atomic E-state index is -0.748. The summed E-state index contributed by atoms with van der Waals surface area (Å²) in [4.78, 5) is 13.9. The molecule has 0 atom stereocenters. The molecule has 0 saturated heterocycles. The lowest BCUT2D eigenvalue weighted by molar-refractivity contribution is 0.0963. The Morgan fingerprint density at radius 1 is 1.00 bits per heavy atom. The number of carbonyl (C=O) groups is 1. The Hall–Kier alpha value is -3.02. The van der Waals surface area contributed by atoms with Gasteiger partial charge in [-0.05, 0) is 36.8 Å². The van der Waals surface area contributed by atoms with E-state index in [-0.39, 0.29) is 29.3 Å². The molecule has 1 aliphatic heterocycles. The van der Waals surface area contributed by atoms with Gasteiger partial charge < -0.3 is 9.32 Å². The van der Waals surface area contributed by atoms with Gasteiger partial charge in [0.25, 0.3) is 5.91 Å². The largest absolute Gasteiger partial charge is 0.451 e. The molecule has 0 unspecified atom stereocenters. The SMILES string of the molecule is O=C(c1ccc(-c2ccccc2F)o1)N1CCc2c(F)cc(F)cc21. The van der Waals surface area contributed by atoms with Gasteiger partial charge in [-0.25, -0.2) is 13.2 Å². The molecule has 3 aromatic rings. The van der Waals surface area contributed by atoms with Crippen molar-refractivity contribution in [3.8, 4) is 11.3 Å². The molecule has 1 amide bonds. The molecule has 126 valence electrons. The predicted octanol–water partition coefficient (Wildman–Crippen LogP) is 4.57. The molecule has 0 bridgehead atoms. The number of halogens is 3. The lowest BCUT2D eigenvalue weighted by atomic mass is 10.1. The molecule has 1 aromatic heterocycles. The van der Waals surface area contributed by atoms with Crippen LogP contribution in [0.15, 0.2) is 52.9 Å². The second-order valence-electron chi connectivity index (χ2n) is 5.74. The van der Waals surface area contributed by atoms with Crippen molar-refractivity contribution in [2.45, 2.75) is 6.42 Å². The van der Waals surface area contributed by atoms with Gasteiger partial charge in [-0.2, -0.15) is 0 Å². The Morgan fingerprint density at radius 3 is 2.60 bits per heavy atom. The van der Waals surface area contributed by atoms with E-state index in [0.29, 0.717) is 12.0 Å². The Bertz CT molecular complexity index is 981. The van der Waals surface area contributed by atoms with Crippen molar-refractivity contribution in [3.05, 3.63) is 77.3 Å². The standard InChI is InChI=1S/C19H12F3NO2/c20-11-9-15(22)12-7-8-23(16(12)10-11)19(24)18-6-5-17(25-18)13-3-1-2-4-14(13)21/h1-6,9-10H,7-8H2. The first kappa shape index (κ1) is 15.5. The molecule has 3 nitrogen and oxygen atoms in total. The fourth-order valence-corrected chi connectivity index (χ4v) is 3.02. The Morgan fingerprint density at radius 2 is 1.80 bits per heavy atom. The number of amides is 1. The zero-order valence-corrected chi connectivity index (χ0v) is 12.9. The summed E-state index contributed by atoms with van der Waals surface area (Å²) in [6, 6.07) is 10.9. The van der Waals surface area contributed by atoms with Crippen molar-refractivity contribution in [1.29, 1.82) is 0 Å². The number of furan rings is 1. The molecule has 0 radical (unpaired) electrons. The number of rotatable bonds is 2. The van der Waals surface area contributed by atoms with Crippen molar-refractivity contribution in [2.75, 3.05) is 11.4 Å².